The molecule has 1 aliphatic rings. The smallest absolute Gasteiger partial charge is 0.308 e. The average Bonchev–Trinajstić information content (AvgIpc) is 2.70. The number of rotatable bonds is 11. The lowest BCUT2D eigenvalue weighted by Crippen LogP contribution is -2.37. The zero-order chi connectivity index (χ0) is 18.6. The van der Waals surface area contributed by atoms with Crippen LogP contribution in [0.5, 0.6) is 0 Å². The Hall–Kier alpha value is -1.97. The topological polar surface area (TPSA) is 112 Å². The highest BCUT2D eigenvalue weighted by molar-refractivity contribution is 5.72. The van der Waals surface area contributed by atoms with E-state index < -0.39 is 0 Å². The van der Waals surface area contributed by atoms with Crippen molar-refractivity contribution in [2.75, 3.05) is 69.9 Å². The van der Waals surface area contributed by atoms with E-state index in [0.29, 0.717) is 45.3 Å². The Morgan fingerprint density at radius 3 is 2.54 bits per heavy atom. The van der Waals surface area contributed by atoms with Crippen molar-refractivity contribution in [2.45, 2.75) is 12.8 Å². The molecule has 0 bridgehead atoms. The molecule has 26 heavy (non-hydrogen) atoms. The number of nitrogens with zero attached hydrogens (tertiary/aromatic N) is 3. The summed E-state index contributed by atoms with van der Waals surface area (Å²) in [5.74, 6) is 1.41. The largest absolute Gasteiger partial charge is 0.469 e. The van der Waals surface area contributed by atoms with Crippen LogP contribution in [-0.4, -0.2) is 75.7 Å². The Morgan fingerprint density at radius 2 is 1.92 bits per heavy atom. The van der Waals surface area contributed by atoms with E-state index in [1.807, 2.05) is 0 Å². The Kier molecular flexibility index (Phi) is 9.08. The van der Waals surface area contributed by atoms with E-state index >= 15 is 0 Å². The number of carbonyl (C=O) groups excluding carboxylic acids is 1. The Balaban J connectivity index is 1.63. The summed E-state index contributed by atoms with van der Waals surface area (Å²) in [6.45, 7) is 4.96. The average molecular weight is 367 g/mol. The summed E-state index contributed by atoms with van der Waals surface area (Å²) in [4.78, 5) is 22.5. The number of hydrogen-bond acceptors (Lipinski definition) is 9. The van der Waals surface area contributed by atoms with Crippen molar-refractivity contribution >= 4 is 17.6 Å². The summed E-state index contributed by atoms with van der Waals surface area (Å²) >= 11 is 0. The highest BCUT2D eigenvalue weighted by Crippen LogP contribution is 2.22. The third-order valence-electron chi connectivity index (χ3n) is 4.18. The zero-order valence-electron chi connectivity index (χ0n) is 15.4. The molecule has 0 amide bonds. The number of esters is 1. The van der Waals surface area contributed by atoms with Crippen LogP contribution in [0.3, 0.4) is 0 Å². The van der Waals surface area contributed by atoms with Crippen molar-refractivity contribution in [1.82, 2.24) is 9.97 Å². The van der Waals surface area contributed by atoms with Crippen molar-refractivity contribution in [3.8, 4) is 0 Å². The van der Waals surface area contributed by atoms with E-state index in [1.165, 1.54) is 7.11 Å². The van der Waals surface area contributed by atoms with Crippen LogP contribution in [0.4, 0.5) is 11.6 Å². The fourth-order valence-corrected chi connectivity index (χ4v) is 2.74. The lowest BCUT2D eigenvalue weighted by molar-refractivity contribution is -0.146. The predicted octanol–water partition coefficient (Wildman–Crippen LogP) is 0.270. The molecule has 0 aromatic carbocycles. The standard InChI is InChI=1S/C17H29N5O4/c1-24-17(23)14-2-6-22(7-3-14)16-13-20-15(12-21-16)19-5-9-26-11-10-25-8-4-18/h12-14H,2-11,18H2,1H3,(H,19,20). The van der Waals surface area contributed by atoms with E-state index in [0.717, 1.165) is 31.7 Å². The van der Waals surface area contributed by atoms with Crippen molar-refractivity contribution < 1.29 is 19.0 Å². The van der Waals surface area contributed by atoms with Crippen molar-refractivity contribution in [3.05, 3.63) is 12.4 Å². The number of methoxy groups -OCH3 is 1. The van der Waals surface area contributed by atoms with Crippen molar-refractivity contribution in [1.29, 1.82) is 0 Å². The maximum Gasteiger partial charge on any atom is 0.308 e. The molecule has 9 heteroatoms. The molecule has 1 saturated heterocycles. The normalized spacial score (nSPS) is 15.1. The first kappa shape index (κ1) is 20.3. The number of nitrogens with two attached hydrogens (primary N) is 1. The third kappa shape index (κ3) is 6.74. The molecule has 1 aromatic heterocycles. The van der Waals surface area contributed by atoms with Gasteiger partial charge in [-0.05, 0) is 12.8 Å². The van der Waals surface area contributed by atoms with Gasteiger partial charge in [-0.3, -0.25) is 4.79 Å². The molecule has 9 nitrogen and oxygen atoms in total. The number of carbonyl (C=O) groups is 1. The van der Waals surface area contributed by atoms with E-state index in [9.17, 15) is 4.79 Å². The van der Waals surface area contributed by atoms with Gasteiger partial charge in [0.05, 0.1) is 51.8 Å². The van der Waals surface area contributed by atoms with Gasteiger partial charge in [-0.2, -0.15) is 0 Å². The quantitative estimate of drug-likeness (QED) is 0.420. The van der Waals surface area contributed by atoms with Crippen LogP contribution in [0.25, 0.3) is 0 Å². The van der Waals surface area contributed by atoms with Crippen molar-refractivity contribution in [2.24, 2.45) is 11.7 Å². The summed E-state index contributed by atoms with van der Waals surface area (Å²) in [5.41, 5.74) is 5.33. The summed E-state index contributed by atoms with van der Waals surface area (Å²) in [7, 11) is 1.44. The Labute approximate surface area is 154 Å². The molecule has 146 valence electrons. The highest BCUT2D eigenvalue weighted by atomic mass is 16.5. The number of aromatic nitrogens is 2. The lowest BCUT2D eigenvalue weighted by atomic mass is 9.97. The molecule has 0 atom stereocenters. The second-order valence-electron chi connectivity index (χ2n) is 5.98. The maximum absolute atomic E-state index is 11.6. The maximum atomic E-state index is 11.6. The molecule has 1 fully saturated rings. The van der Waals surface area contributed by atoms with Crippen LogP contribution >= 0.6 is 0 Å². The van der Waals surface area contributed by atoms with E-state index in [4.69, 9.17) is 19.9 Å². The number of piperidine rings is 1. The van der Waals surface area contributed by atoms with Gasteiger partial charge < -0.3 is 30.2 Å². The molecule has 0 spiro atoms. The summed E-state index contributed by atoms with van der Waals surface area (Å²) < 4.78 is 15.5. The second kappa shape index (κ2) is 11.6. The SMILES string of the molecule is COC(=O)C1CCN(c2cnc(NCCOCCOCCN)cn2)CC1. The van der Waals surface area contributed by atoms with Gasteiger partial charge in [0.2, 0.25) is 0 Å². The fraction of sp³-hybridized carbons (Fsp3) is 0.706. The molecule has 0 saturated carbocycles. The fourth-order valence-electron chi connectivity index (χ4n) is 2.74. The summed E-state index contributed by atoms with van der Waals surface area (Å²) in [6.07, 6.45) is 5.02. The molecule has 1 aliphatic heterocycles. The first-order valence-electron chi connectivity index (χ1n) is 8.99. The number of anilines is 2. The van der Waals surface area contributed by atoms with Gasteiger partial charge in [0.15, 0.2) is 0 Å². The Morgan fingerprint density at radius 1 is 1.19 bits per heavy atom. The molecule has 0 aliphatic carbocycles. The highest BCUT2D eigenvalue weighted by Gasteiger charge is 2.26. The van der Waals surface area contributed by atoms with Gasteiger partial charge in [0.1, 0.15) is 11.6 Å². The zero-order valence-corrected chi connectivity index (χ0v) is 15.4. The second-order valence-corrected chi connectivity index (χ2v) is 5.98. The van der Waals surface area contributed by atoms with Gasteiger partial charge in [-0.1, -0.05) is 0 Å². The van der Waals surface area contributed by atoms with Crippen molar-refractivity contribution in [3.63, 3.8) is 0 Å². The number of nitrogens with one attached hydrogen (secondary N) is 1. The first-order valence-corrected chi connectivity index (χ1v) is 8.99. The molecule has 1 aromatic rings. The first-order chi connectivity index (χ1) is 12.7. The van der Waals surface area contributed by atoms with Crippen LogP contribution in [0.2, 0.25) is 0 Å². The molecule has 0 unspecified atom stereocenters. The van der Waals surface area contributed by atoms with E-state index in [-0.39, 0.29) is 11.9 Å². The van der Waals surface area contributed by atoms with Crippen LogP contribution in [0, 0.1) is 5.92 Å². The van der Waals surface area contributed by atoms with Gasteiger partial charge in [0.25, 0.3) is 0 Å². The third-order valence-corrected chi connectivity index (χ3v) is 4.18. The molecule has 2 rings (SSSR count). The minimum Gasteiger partial charge on any atom is -0.469 e. The van der Waals surface area contributed by atoms with Gasteiger partial charge in [-0.25, -0.2) is 9.97 Å². The van der Waals surface area contributed by atoms with Crippen LogP contribution in [0.15, 0.2) is 12.4 Å². The van der Waals surface area contributed by atoms with E-state index in [1.54, 1.807) is 12.4 Å². The molecule has 0 radical (unpaired) electrons. The predicted molar refractivity (Wildman–Crippen MR) is 98.2 cm³/mol. The van der Waals surface area contributed by atoms with Gasteiger partial charge in [0, 0.05) is 26.2 Å². The minimum atomic E-state index is -0.122. The van der Waals surface area contributed by atoms with Crippen LogP contribution < -0.4 is 16.0 Å². The molecular weight excluding hydrogens is 338 g/mol. The van der Waals surface area contributed by atoms with Gasteiger partial charge >= 0.3 is 5.97 Å². The van der Waals surface area contributed by atoms with E-state index in [2.05, 4.69) is 20.2 Å². The molecule has 2 heterocycles. The molecular formula is C17H29N5O4. The lowest BCUT2D eigenvalue weighted by Gasteiger charge is -2.31. The van der Waals surface area contributed by atoms with Crippen LogP contribution in [-0.2, 0) is 19.0 Å². The van der Waals surface area contributed by atoms with Crippen LogP contribution in [0.1, 0.15) is 12.8 Å². The monoisotopic (exact) mass is 367 g/mol. The van der Waals surface area contributed by atoms with Gasteiger partial charge in [-0.15, -0.1) is 0 Å². The number of ether oxygens (including phenoxy) is 3. The molecule has 3 N–H and O–H groups in total. The summed E-state index contributed by atoms with van der Waals surface area (Å²) in [6, 6.07) is 0. The number of hydrogen-bond donors (Lipinski definition) is 2. The minimum absolute atomic E-state index is 0.00847. The Bertz CT molecular complexity index is 520. The summed E-state index contributed by atoms with van der Waals surface area (Å²) in [5, 5.41) is 3.17.